The molecule has 2 atom stereocenters. The Labute approximate surface area is 240 Å². The lowest BCUT2D eigenvalue weighted by molar-refractivity contribution is -0.144. The number of aliphatic hydroxyl groups excluding tert-OH is 1. The summed E-state index contributed by atoms with van der Waals surface area (Å²) in [7, 11) is 0. The molecule has 1 aromatic carbocycles. The number of hydrogen-bond donors (Lipinski definition) is 1. The van der Waals surface area contributed by atoms with Crippen molar-refractivity contribution in [3.8, 4) is 0 Å². The van der Waals surface area contributed by atoms with Crippen LogP contribution in [-0.4, -0.2) is 35.3 Å². The highest BCUT2D eigenvalue weighted by molar-refractivity contribution is 7.99. The first-order valence-electron chi connectivity index (χ1n) is 16.0. The third kappa shape index (κ3) is 18.3. The molecule has 1 aromatic rings. The Balaban J connectivity index is 2.26. The smallest absolute Gasteiger partial charge is 0.306 e. The number of carbonyl (C=O) groups is 1. The van der Waals surface area contributed by atoms with E-state index in [-0.39, 0.29) is 11.9 Å². The fourth-order valence-corrected chi connectivity index (χ4v) is 6.25. The van der Waals surface area contributed by atoms with Crippen LogP contribution in [-0.2, 0) is 9.53 Å². The summed E-state index contributed by atoms with van der Waals surface area (Å²) in [4.78, 5) is 12.4. The SMILES string of the molecule is CCCCCCCCC(CCCCCCCCCO)SCCCOC(=O)CC(C)c1ccc(C(C)C)cc1. The van der Waals surface area contributed by atoms with Gasteiger partial charge < -0.3 is 9.84 Å². The van der Waals surface area contributed by atoms with E-state index < -0.39 is 0 Å². The Kier molecular flexibility index (Phi) is 22.0. The predicted molar refractivity (Wildman–Crippen MR) is 167 cm³/mol. The molecular weight excluding hydrogens is 488 g/mol. The molecule has 3 nitrogen and oxygen atoms in total. The fraction of sp³-hybridized carbons (Fsp3) is 0.794. The number of hydrogen-bond acceptors (Lipinski definition) is 4. The van der Waals surface area contributed by atoms with Crippen LogP contribution in [0.25, 0.3) is 0 Å². The monoisotopic (exact) mass is 548 g/mol. The summed E-state index contributed by atoms with van der Waals surface area (Å²) in [5.41, 5.74) is 2.55. The zero-order valence-electron chi connectivity index (χ0n) is 25.4. The molecule has 1 rings (SSSR count). The summed E-state index contributed by atoms with van der Waals surface area (Å²) < 4.78 is 5.60. The van der Waals surface area contributed by atoms with Gasteiger partial charge in [-0.25, -0.2) is 0 Å². The highest BCUT2D eigenvalue weighted by Gasteiger charge is 2.14. The second-order valence-corrected chi connectivity index (χ2v) is 12.9. The van der Waals surface area contributed by atoms with Crippen molar-refractivity contribution in [3.05, 3.63) is 35.4 Å². The van der Waals surface area contributed by atoms with Crippen LogP contribution in [0.1, 0.15) is 160 Å². The van der Waals surface area contributed by atoms with Gasteiger partial charge in [-0.1, -0.05) is 129 Å². The summed E-state index contributed by atoms with van der Waals surface area (Å²) in [6.07, 6.45) is 20.9. The Morgan fingerprint density at radius 2 is 1.29 bits per heavy atom. The highest BCUT2D eigenvalue weighted by atomic mass is 32.2. The molecule has 0 aliphatic carbocycles. The molecule has 0 aromatic heterocycles. The van der Waals surface area contributed by atoms with E-state index in [1.165, 1.54) is 101 Å². The van der Waals surface area contributed by atoms with E-state index in [0.717, 1.165) is 23.8 Å². The van der Waals surface area contributed by atoms with Gasteiger partial charge in [0.05, 0.1) is 13.0 Å². The zero-order chi connectivity index (χ0) is 27.8. The van der Waals surface area contributed by atoms with E-state index in [1.807, 2.05) is 0 Å². The molecule has 220 valence electrons. The van der Waals surface area contributed by atoms with E-state index in [9.17, 15) is 4.79 Å². The maximum Gasteiger partial charge on any atom is 0.306 e. The van der Waals surface area contributed by atoms with Gasteiger partial charge in [0.1, 0.15) is 0 Å². The number of unbranched alkanes of at least 4 members (excludes halogenated alkanes) is 11. The van der Waals surface area contributed by atoms with Crippen molar-refractivity contribution >= 4 is 17.7 Å². The van der Waals surface area contributed by atoms with Crippen molar-refractivity contribution in [3.63, 3.8) is 0 Å². The third-order valence-electron chi connectivity index (χ3n) is 7.61. The van der Waals surface area contributed by atoms with Crippen molar-refractivity contribution < 1.29 is 14.6 Å². The fourth-order valence-electron chi connectivity index (χ4n) is 4.96. The maximum atomic E-state index is 12.4. The number of rotatable bonds is 25. The molecule has 0 aliphatic rings. The first-order chi connectivity index (χ1) is 18.5. The molecule has 0 spiro atoms. The summed E-state index contributed by atoms with van der Waals surface area (Å²) >= 11 is 2.11. The van der Waals surface area contributed by atoms with Crippen LogP contribution >= 0.6 is 11.8 Å². The minimum atomic E-state index is -0.0712. The molecule has 0 saturated carbocycles. The second-order valence-electron chi connectivity index (χ2n) is 11.5. The first kappa shape index (κ1) is 35.0. The summed E-state index contributed by atoms with van der Waals surface area (Å²) in [6.45, 7) is 9.68. The number of esters is 1. The molecule has 0 radical (unpaired) electrons. The van der Waals surface area contributed by atoms with Crippen LogP contribution in [0.4, 0.5) is 0 Å². The van der Waals surface area contributed by atoms with Crippen molar-refractivity contribution in [2.45, 2.75) is 154 Å². The average molecular weight is 549 g/mol. The van der Waals surface area contributed by atoms with Crippen LogP contribution in [0.15, 0.2) is 24.3 Å². The van der Waals surface area contributed by atoms with Crippen molar-refractivity contribution in [1.29, 1.82) is 0 Å². The summed E-state index contributed by atoms with van der Waals surface area (Å²) in [5.74, 6) is 1.73. The average Bonchev–Trinajstić information content (AvgIpc) is 2.91. The van der Waals surface area contributed by atoms with Gasteiger partial charge in [0.25, 0.3) is 0 Å². The van der Waals surface area contributed by atoms with E-state index >= 15 is 0 Å². The quantitative estimate of drug-likeness (QED) is 0.0975. The van der Waals surface area contributed by atoms with Gasteiger partial charge in [0, 0.05) is 11.9 Å². The Morgan fingerprint density at radius 1 is 0.763 bits per heavy atom. The lowest BCUT2D eigenvalue weighted by atomic mass is 9.94. The standard InChI is InChI=1S/C34H60O3S/c1-5-6-7-8-12-15-19-33(20-16-13-10-9-11-14-17-25-35)38-27-18-26-37-34(36)28-30(4)32-23-21-31(22-24-32)29(2)3/h21-24,29-30,33,35H,5-20,25-28H2,1-4H3. The Bertz CT molecular complexity index is 673. The van der Waals surface area contributed by atoms with Gasteiger partial charge in [-0.3, -0.25) is 4.79 Å². The molecule has 0 heterocycles. The normalized spacial score (nSPS) is 13.1. The van der Waals surface area contributed by atoms with E-state index in [2.05, 4.69) is 63.7 Å². The molecule has 0 fully saturated rings. The topological polar surface area (TPSA) is 46.5 Å². The molecule has 4 heteroatoms. The lowest BCUT2D eigenvalue weighted by Gasteiger charge is -2.17. The maximum absolute atomic E-state index is 12.4. The molecule has 0 amide bonds. The van der Waals surface area contributed by atoms with Crippen molar-refractivity contribution in [2.24, 2.45) is 0 Å². The van der Waals surface area contributed by atoms with E-state index in [1.54, 1.807) is 0 Å². The number of thioether (sulfide) groups is 1. The number of aliphatic hydroxyl groups is 1. The van der Waals surface area contributed by atoms with Gasteiger partial charge in [-0.05, 0) is 54.4 Å². The van der Waals surface area contributed by atoms with Gasteiger partial charge >= 0.3 is 5.97 Å². The molecule has 38 heavy (non-hydrogen) atoms. The number of benzene rings is 1. The third-order valence-corrected chi connectivity index (χ3v) is 9.08. The highest BCUT2D eigenvalue weighted by Crippen LogP contribution is 2.26. The van der Waals surface area contributed by atoms with Gasteiger partial charge in [0.15, 0.2) is 0 Å². The molecule has 0 saturated heterocycles. The van der Waals surface area contributed by atoms with E-state index in [4.69, 9.17) is 9.84 Å². The molecule has 1 N–H and O–H groups in total. The van der Waals surface area contributed by atoms with Crippen LogP contribution in [0, 0.1) is 0 Å². The van der Waals surface area contributed by atoms with Crippen LogP contribution in [0.5, 0.6) is 0 Å². The second kappa shape index (κ2) is 23.9. The van der Waals surface area contributed by atoms with Crippen LogP contribution in [0.3, 0.4) is 0 Å². The van der Waals surface area contributed by atoms with Gasteiger partial charge in [-0.15, -0.1) is 0 Å². The van der Waals surface area contributed by atoms with Crippen molar-refractivity contribution in [1.82, 2.24) is 0 Å². The van der Waals surface area contributed by atoms with E-state index in [0.29, 0.717) is 25.6 Å². The van der Waals surface area contributed by atoms with Crippen LogP contribution in [0.2, 0.25) is 0 Å². The summed E-state index contributed by atoms with van der Waals surface area (Å²) in [5, 5.41) is 9.65. The minimum absolute atomic E-state index is 0.0712. The first-order valence-corrected chi connectivity index (χ1v) is 17.0. The Hall–Kier alpha value is -1.00. The molecule has 0 bridgehead atoms. The van der Waals surface area contributed by atoms with Gasteiger partial charge in [0.2, 0.25) is 0 Å². The van der Waals surface area contributed by atoms with Crippen molar-refractivity contribution in [2.75, 3.05) is 19.0 Å². The zero-order valence-corrected chi connectivity index (χ0v) is 26.2. The minimum Gasteiger partial charge on any atom is -0.466 e. The molecular formula is C34H60O3S. The summed E-state index contributed by atoms with van der Waals surface area (Å²) in [6, 6.07) is 8.68. The predicted octanol–water partition coefficient (Wildman–Crippen LogP) is 10.2. The molecule has 0 aliphatic heterocycles. The van der Waals surface area contributed by atoms with Gasteiger partial charge in [-0.2, -0.15) is 11.8 Å². The number of carbonyl (C=O) groups excluding carboxylic acids is 1. The largest absolute Gasteiger partial charge is 0.466 e. The van der Waals surface area contributed by atoms with Crippen LogP contribution < -0.4 is 0 Å². The Morgan fingerprint density at radius 3 is 1.84 bits per heavy atom. The lowest BCUT2D eigenvalue weighted by Crippen LogP contribution is -2.11. The molecule has 2 unspecified atom stereocenters. The number of ether oxygens (including phenoxy) is 1.